The van der Waals surface area contributed by atoms with Crippen molar-refractivity contribution in [1.29, 1.82) is 0 Å². The molecule has 30 heavy (non-hydrogen) atoms. The van der Waals surface area contributed by atoms with Crippen LogP contribution in [0.4, 0.5) is 0 Å². The van der Waals surface area contributed by atoms with Gasteiger partial charge in [0, 0.05) is 12.2 Å². The van der Waals surface area contributed by atoms with E-state index in [1.54, 1.807) is 0 Å². The van der Waals surface area contributed by atoms with Crippen LogP contribution in [0.25, 0.3) is 0 Å². The molecule has 1 unspecified atom stereocenters. The van der Waals surface area contributed by atoms with Gasteiger partial charge in [0.15, 0.2) is 0 Å². The predicted octanol–water partition coefficient (Wildman–Crippen LogP) is 6.10. The summed E-state index contributed by atoms with van der Waals surface area (Å²) < 4.78 is 13.3. The molecule has 0 radical (unpaired) electrons. The van der Waals surface area contributed by atoms with E-state index in [2.05, 4.69) is 90.3 Å². The fourth-order valence-corrected chi connectivity index (χ4v) is 3.89. The number of ether oxygens (including phenoxy) is 2. The molecule has 1 atom stereocenters. The van der Waals surface area contributed by atoms with Crippen LogP contribution in [0.5, 0.6) is 5.75 Å². The molecular weight excluding hydrogens is 370 g/mol. The average molecular weight is 413 g/mol. The Morgan fingerprint density at radius 2 is 1.50 bits per heavy atom. The summed E-state index contributed by atoms with van der Waals surface area (Å²) in [5.74, 6) is 2.22. The molecule has 2 rings (SSSR count). The highest BCUT2D eigenvalue weighted by molar-refractivity contribution is 5.41. The quantitative estimate of drug-likeness (QED) is 0.310. The van der Waals surface area contributed by atoms with E-state index in [1.165, 1.54) is 16.7 Å². The van der Waals surface area contributed by atoms with E-state index in [0.29, 0.717) is 29.5 Å². The zero-order valence-electron chi connectivity index (χ0n) is 20.2. The number of quaternary nitrogens is 1. The first kappa shape index (κ1) is 24.4. The molecule has 0 aliphatic carbocycles. The zero-order valence-corrected chi connectivity index (χ0v) is 20.2. The monoisotopic (exact) mass is 412 g/mol. The lowest BCUT2D eigenvalue weighted by atomic mass is 9.92. The van der Waals surface area contributed by atoms with Gasteiger partial charge < -0.3 is 9.47 Å². The molecular formula is C27H42NO2+. The maximum atomic E-state index is 6.76. The minimum atomic E-state index is -0.0784. The Bertz CT molecular complexity index is 753. The first-order valence-corrected chi connectivity index (χ1v) is 11.4. The van der Waals surface area contributed by atoms with Gasteiger partial charge in [-0.2, -0.15) is 0 Å². The van der Waals surface area contributed by atoms with E-state index < -0.39 is 0 Å². The molecule has 0 saturated carbocycles. The Morgan fingerprint density at radius 3 is 2.10 bits per heavy atom. The Balaban J connectivity index is 2.34. The van der Waals surface area contributed by atoms with E-state index in [-0.39, 0.29) is 6.23 Å². The second kappa shape index (κ2) is 11.5. The lowest BCUT2D eigenvalue weighted by molar-refractivity contribution is -0.946. The van der Waals surface area contributed by atoms with Crippen LogP contribution in [0.2, 0.25) is 0 Å². The number of benzene rings is 2. The molecule has 0 saturated heterocycles. The van der Waals surface area contributed by atoms with Gasteiger partial charge in [-0.1, -0.05) is 70.2 Å². The molecule has 2 aromatic carbocycles. The summed E-state index contributed by atoms with van der Waals surface area (Å²) in [6.45, 7) is 13.3. The maximum absolute atomic E-state index is 6.76. The van der Waals surface area contributed by atoms with Crippen molar-refractivity contribution in [1.82, 2.24) is 0 Å². The lowest BCUT2D eigenvalue weighted by Crippen LogP contribution is -2.53. The fraction of sp³-hybridized carbons (Fsp3) is 0.556. The molecule has 0 heterocycles. The third-order valence-corrected chi connectivity index (χ3v) is 5.41. The minimum Gasteiger partial charge on any atom is -0.440 e. The summed E-state index contributed by atoms with van der Waals surface area (Å²) >= 11 is 0. The van der Waals surface area contributed by atoms with Crippen molar-refractivity contribution in [3.8, 4) is 5.75 Å². The molecule has 166 valence electrons. The predicted molar refractivity (Wildman–Crippen MR) is 127 cm³/mol. The van der Waals surface area contributed by atoms with Gasteiger partial charge in [-0.05, 0) is 48.8 Å². The number of nitrogens with zero attached hydrogens (tertiary/aromatic N) is 1. The van der Waals surface area contributed by atoms with Crippen LogP contribution in [0.1, 0.15) is 51.3 Å². The Morgan fingerprint density at radius 1 is 0.833 bits per heavy atom. The molecule has 0 amide bonds. The van der Waals surface area contributed by atoms with Crippen molar-refractivity contribution in [3.05, 3.63) is 65.2 Å². The maximum Gasteiger partial charge on any atom is 0.256 e. The van der Waals surface area contributed by atoms with Crippen molar-refractivity contribution >= 4 is 0 Å². The highest BCUT2D eigenvalue weighted by atomic mass is 16.5. The van der Waals surface area contributed by atoms with E-state index in [9.17, 15) is 0 Å². The second-order valence-corrected chi connectivity index (χ2v) is 9.74. The highest BCUT2D eigenvalue weighted by Gasteiger charge is 2.31. The summed E-state index contributed by atoms with van der Waals surface area (Å²) in [7, 11) is 4.47. The molecule has 0 aliphatic rings. The number of rotatable bonds is 12. The van der Waals surface area contributed by atoms with Crippen LogP contribution in [-0.4, -0.2) is 38.0 Å². The molecule has 0 fully saturated rings. The number of hydrogen-bond acceptors (Lipinski definition) is 2. The van der Waals surface area contributed by atoms with Gasteiger partial charge in [0.2, 0.25) is 0 Å². The van der Waals surface area contributed by atoms with Gasteiger partial charge >= 0.3 is 0 Å². The smallest absolute Gasteiger partial charge is 0.256 e. The second-order valence-electron chi connectivity index (χ2n) is 9.74. The summed E-state index contributed by atoms with van der Waals surface area (Å²) in [4.78, 5) is 0. The van der Waals surface area contributed by atoms with Crippen molar-refractivity contribution in [2.45, 2.75) is 60.2 Å². The van der Waals surface area contributed by atoms with E-state index in [1.807, 2.05) is 6.92 Å². The molecule has 0 aliphatic heterocycles. The topological polar surface area (TPSA) is 18.5 Å². The summed E-state index contributed by atoms with van der Waals surface area (Å²) in [5, 5.41) is 0. The van der Waals surface area contributed by atoms with Gasteiger partial charge in [-0.25, -0.2) is 0 Å². The largest absolute Gasteiger partial charge is 0.440 e. The fourth-order valence-electron chi connectivity index (χ4n) is 3.89. The van der Waals surface area contributed by atoms with Gasteiger partial charge in [0.05, 0.1) is 14.1 Å². The SMILES string of the molecule is CCOCC(Oc1cccc(CC(C)C)c1CC(C)C)[N+](C)(C)Cc1ccccc1. The molecule has 0 bridgehead atoms. The normalized spacial score (nSPS) is 13.1. The average Bonchev–Trinajstić information content (AvgIpc) is 2.67. The van der Waals surface area contributed by atoms with Crippen molar-refractivity contribution < 1.29 is 14.0 Å². The standard InChI is InChI=1S/C27H42NO2/c1-8-29-20-27(28(6,7)19-23-13-10-9-11-14-23)30-26-16-12-15-24(17-21(2)3)25(26)18-22(4)5/h9-16,21-22,27H,8,17-20H2,1-7H3/q+1. The van der Waals surface area contributed by atoms with Gasteiger partial charge in [-0.3, -0.25) is 4.48 Å². The van der Waals surface area contributed by atoms with Crippen LogP contribution < -0.4 is 4.74 Å². The van der Waals surface area contributed by atoms with E-state index in [4.69, 9.17) is 9.47 Å². The third-order valence-electron chi connectivity index (χ3n) is 5.41. The Labute approximate surface area is 184 Å². The van der Waals surface area contributed by atoms with Crippen LogP contribution in [0.3, 0.4) is 0 Å². The van der Waals surface area contributed by atoms with Gasteiger partial charge in [0.25, 0.3) is 6.23 Å². The number of likely N-dealkylation sites (N-methyl/N-ethyl adjacent to an activating group) is 1. The first-order valence-electron chi connectivity index (χ1n) is 11.4. The van der Waals surface area contributed by atoms with Crippen molar-refractivity contribution in [2.75, 3.05) is 27.3 Å². The molecule has 3 heteroatoms. The summed E-state index contributed by atoms with van der Waals surface area (Å²) in [6, 6.07) is 17.2. The Hall–Kier alpha value is -1.84. The van der Waals surface area contributed by atoms with Gasteiger partial charge in [0.1, 0.15) is 18.9 Å². The highest BCUT2D eigenvalue weighted by Crippen LogP contribution is 2.30. The molecule has 3 nitrogen and oxygen atoms in total. The zero-order chi connectivity index (χ0) is 22.1. The summed E-state index contributed by atoms with van der Waals surface area (Å²) in [5.41, 5.74) is 4.09. The Kier molecular flexibility index (Phi) is 9.38. The molecule has 0 N–H and O–H groups in total. The molecule has 0 aromatic heterocycles. The molecule has 2 aromatic rings. The van der Waals surface area contributed by atoms with Crippen LogP contribution in [0, 0.1) is 11.8 Å². The van der Waals surface area contributed by atoms with Crippen LogP contribution in [0.15, 0.2) is 48.5 Å². The van der Waals surface area contributed by atoms with Crippen LogP contribution in [-0.2, 0) is 24.1 Å². The van der Waals surface area contributed by atoms with E-state index in [0.717, 1.165) is 25.1 Å². The van der Waals surface area contributed by atoms with E-state index >= 15 is 0 Å². The van der Waals surface area contributed by atoms with Crippen molar-refractivity contribution in [3.63, 3.8) is 0 Å². The first-order chi connectivity index (χ1) is 14.2. The van der Waals surface area contributed by atoms with Crippen LogP contribution >= 0.6 is 0 Å². The third kappa shape index (κ3) is 7.45. The number of hydrogen-bond donors (Lipinski definition) is 0. The minimum absolute atomic E-state index is 0.0784. The van der Waals surface area contributed by atoms with Crippen molar-refractivity contribution in [2.24, 2.45) is 11.8 Å². The summed E-state index contributed by atoms with van der Waals surface area (Å²) in [6.07, 6.45) is 2.04. The lowest BCUT2D eigenvalue weighted by Gasteiger charge is -2.38. The van der Waals surface area contributed by atoms with Gasteiger partial charge in [-0.15, -0.1) is 0 Å². The molecule has 0 spiro atoms.